The molecule has 0 aliphatic heterocycles. The van der Waals surface area contributed by atoms with Crippen LogP contribution in [0.4, 0.5) is 0 Å². The monoisotopic (exact) mass is 249 g/mol. The zero-order chi connectivity index (χ0) is 12.1. The molecule has 2 aromatic rings. The minimum absolute atomic E-state index is 0.165. The number of hydrogen-bond donors (Lipinski definition) is 1. The summed E-state index contributed by atoms with van der Waals surface area (Å²) in [7, 11) is 1.42. The summed E-state index contributed by atoms with van der Waals surface area (Å²) in [6, 6.07) is 6.26. The Kier molecular flexibility index (Phi) is 3.98. The van der Waals surface area contributed by atoms with Crippen molar-refractivity contribution in [1.29, 1.82) is 0 Å². The first kappa shape index (κ1) is 11.9. The third kappa shape index (κ3) is 3.20. The van der Waals surface area contributed by atoms with Crippen LogP contribution in [0.15, 0.2) is 29.8 Å². The van der Waals surface area contributed by atoms with Gasteiger partial charge in [-0.2, -0.15) is 0 Å². The quantitative estimate of drug-likeness (QED) is 0.828. The molecule has 3 nitrogen and oxygen atoms in total. The number of esters is 1. The van der Waals surface area contributed by atoms with Crippen LogP contribution in [0.5, 0.6) is 0 Å². The Balaban J connectivity index is 1.99. The van der Waals surface area contributed by atoms with E-state index in [9.17, 15) is 4.79 Å². The lowest BCUT2D eigenvalue weighted by Crippen LogP contribution is -2.03. The highest BCUT2D eigenvalue weighted by molar-refractivity contribution is 7.09. The van der Waals surface area contributed by atoms with Gasteiger partial charge in [0.25, 0.3) is 0 Å². The van der Waals surface area contributed by atoms with Gasteiger partial charge in [0.15, 0.2) is 0 Å². The topological polar surface area (TPSA) is 42.1 Å². The fourth-order valence-electron chi connectivity index (χ4n) is 1.76. The Morgan fingerprint density at radius 1 is 1.47 bits per heavy atom. The van der Waals surface area contributed by atoms with Gasteiger partial charge in [-0.1, -0.05) is 6.07 Å². The number of aromatic amines is 1. The van der Waals surface area contributed by atoms with Gasteiger partial charge in [-0.25, -0.2) is 0 Å². The first-order valence-corrected chi connectivity index (χ1v) is 6.42. The van der Waals surface area contributed by atoms with Gasteiger partial charge in [-0.15, -0.1) is 11.3 Å². The first-order valence-electron chi connectivity index (χ1n) is 5.54. The number of methoxy groups -OCH3 is 1. The molecule has 1 N–H and O–H groups in total. The zero-order valence-electron chi connectivity index (χ0n) is 9.73. The normalized spacial score (nSPS) is 10.4. The van der Waals surface area contributed by atoms with Gasteiger partial charge in [0.2, 0.25) is 0 Å². The molecule has 2 heterocycles. The van der Waals surface area contributed by atoms with E-state index in [-0.39, 0.29) is 5.97 Å². The average molecular weight is 249 g/mol. The van der Waals surface area contributed by atoms with Crippen molar-refractivity contribution < 1.29 is 9.53 Å². The predicted molar refractivity (Wildman–Crippen MR) is 68.3 cm³/mol. The van der Waals surface area contributed by atoms with Crippen molar-refractivity contribution in [3.63, 3.8) is 0 Å². The van der Waals surface area contributed by atoms with Gasteiger partial charge in [0, 0.05) is 23.2 Å². The molecule has 0 bridgehead atoms. The van der Waals surface area contributed by atoms with Crippen molar-refractivity contribution in [3.8, 4) is 0 Å². The fourth-order valence-corrected chi connectivity index (χ4v) is 2.49. The molecular weight excluding hydrogens is 234 g/mol. The number of rotatable bonds is 5. The fraction of sp³-hybridized carbons (Fsp3) is 0.308. The molecule has 0 amide bonds. The SMILES string of the molecule is COC(=O)CCc1[nH]ccc1Cc1cccs1. The van der Waals surface area contributed by atoms with E-state index < -0.39 is 0 Å². The maximum Gasteiger partial charge on any atom is 0.305 e. The van der Waals surface area contributed by atoms with Crippen LogP contribution in [0.3, 0.4) is 0 Å². The minimum Gasteiger partial charge on any atom is -0.469 e. The van der Waals surface area contributed by atoms with Crippen LogP contribution in [0.2, 0.25) is 0 Å². The van der Waals surface area contributed by atoms with Gasteiger partial charge >= 0.3 is 5.97 Å². The van der Waals surface area contributed by atoms with Crippen LogP contribution in [-0.2, 0) is 22.4 Å². The lowest BCUT2D eigenvalue weighted by Gasteiger charge is -2.02. The Morgan fingerprint density at radius 3 is 3.06 bits per heavy atom. The maximum absolute atomic E-state index is 11.1. The number of ether oxygens (including phenoxy) is 1. The van der Waals surface area contributed by atoms with E-state index in [0.717, 1.165) is 12.1 Å². The van der Waals surface area contributed by atoms with Crippen LogP contribution in [0.1, 0.15) is 22.6 Å². The van der Waals surface area contributed by atoms with Crippen LogP contribution in [0.25, 0.3) is 0 Å². The molecule has 0 saturated carbocycles. The smallest absolute Gasteiger partial charge is 0.305 e. The van der Waals surface area contributed by atoms with E-state index in [4.69, 9.17) is 0 Å². The summed E-state index contributed by atoms with van der Waals surface area (Å²) in [4.78, 5) is 15.6. The summed E-state index contributed by atoms with van der Waals surface area (Å²) < 4.78 is 4.64. The van der Waals surface area contributed by atoms with E-state index in [0.29, 0.717) is 12.8 Å². The molecule has 90 valence electrons. The highest BCUT2D eigenvalue weighted by atomic mass is 32.1. The Labute approximate surface area is 104 Å². The number of H-pyrrole nitrogens is 1. The lowest BCUT2D eigenvalue weighted by molar-refractivity contribution is -0.140. The Hall–Kier alpha value is -1.55. The van der Waals surface area contributed by atoms with E-state index in [1.807, 2.05) is 6.20 Å². The van der Waals surface area contributed by atoms with E-state index in [1.54, 1.807) is 11.3 Å². The van der Waals surface area contributed by atoms with Crippen molar-refractivity contribution in [3.05, 3.63) is 45.9 Å². The molecule has 0 unspecified atom stereocenters. The molecule has 0 radical (unpaired) electrons. The molecule has 0 spiro atoms. The average Bonchev–Trinajstić information content (AvgIpc) is 2.98. The van der Waals surface area contributed by atoms with E-state index in [1.165, 1.54) is 17.6 Å². The Morgan fingerprint density at radius 2 is 2.35 bits per heavy atom. The van der Waals surface area contributed by atoms with Gasteiger partial charge in [0.1, 0.15) is 0 Å². The molecule has 0 saturated heterocycles. The number of aromatic nitrogens is 1. The maximum atomic E-state index is 11.1. The van der Waals surface area contributed by atoms with Crippen molar-refractivity contribution in [2.45, 2.75) is 19.3 Å². The molecular formula is C13H15NO2S. The largest absolute Gasteiger partial charge is 0.469 e. The lowest BCUT2D eigenvalue weighted by atomic mass is 10.1. The summed E-state index contributed by atoms with van der Waals surface area (Å²) in [5, 5.41) is 2.08. The first-order chi connectivity index (χ1) is 8.29. The summed E-state index contributed by atoms with van der Waals surface area (Å²) in [5.41, 5.74) is 2.39. The Bertz CT molecular complexity index is 473. The highest BCUT2D eigenvalue weighted by Gasteiger charge is 2.08. The van der Waals surface area contributed by atoms with Crippen molar-refractivity contribution in [1.82, 2.24) is 4.98 Å². The van der Waals surface area contributed by atoms with Gasteiger partial charge < -0.3 is 9.72 Å². The third-order valence-electron chi connectivity index (χ3n) is 2.68. The third-order valence-corrected chi connectivity index (χ3v) is 3.56. The molecule has 0 atom stereocenters. The number of thiophene rings is 1. The molecule has 0 aliphatic carbocycles. The summed E-state index contributed by atoms with van der Waals surface area (Å²) in [5.74, 6) is -0.165. The molecule has 0 aromatic carbocycles. The van der Waals surface area contributed by atoms with Gasteiger partial charge in [-0.3, -0.25) is 4.79 Å². The highest BCUT2D eigenvalue weighted by Crippen LogP contribution is 2.18. The molecule has 0 fully saturated rings. The number of hydrogen-bond acceptors (Lipinski definition) is 3. The van der Waals surface area contributed by atoms with Gasteiger partial charge in [-0.05, 0) is 29.5 Å². The van der Waals surface area contributed by atoms with Gasteiger partial charge in [0.05, 0.1) is 13.5 Å². The number of carbonyl (C=O) groups is 1. The zero-order valence-corrected chi connectivity index (χ0v) is 10.5. The second-order valence-electron chi connectivity index (χ2n) is 3.81. The van der Waals surface area contributed by atoms with Crippen molar-refractivity contribution in [2.75, 3.05) is 7.11 Å². The van der Waals surface area contributed by atoms with Crippen molar-refractivity contribution in [2.24, 2.45) is 0 Å². The van der Waals surface area contributed by atoms with Crippen LogP contribution in [0, 0.1) is 0 Å². The second-order valence-corrected chi connectivity index (χ2v) is 4.85. The number of aryl methyl sites for hydroxylation is 1. The molecule has 2 rings (SSSR count). The molecule has 17 heavy (non-hydrogen) atoms. The number of nitrogens with one attached hydrogen (secondary N) is 1. The summed E-state index contributed by atoms with van der Waals surface area (Å²) >= 11 is 1.75. The minimum atomic E-state index is -0.165. The molecule has 2 aromatic heterocycles. The predicted octanol–water partition coefficient (Wildman–Crippen LogP) is 2.77. The van der Waals surface area contributed by atoms with Crippen molar-refractivity contribution >= 4 is 17.3 Å². The number of carbonyl (C=O) groups excluding carboxylic acids is 1. The van der Waals surface area contributed by atoms with Crippen LogP contribution >= 0.6 is 11.3 Å². The summed E-state index contributed by atoms with van der Waals surface area (Å²) in [6.45, 7) is 0. The second kappa shape index (κ2) is 5.68. The van der Waals surface area contributed by atoms with Crippen LogP contribution in [-0.4, -0.2) is 18.1 Å². The van der Waals surface area contributed by atoms with E-state index >= 15 is 0 Å². The summed E-state index contributed by atoms with van der Waals surface area (Å²) in [6.07, 6.45) is 3.99. The molecule has 0 aliphatic rings. The standard InChI is InChI=1S/C13H15NO2S/c1-16-13(15)5-4-12-10(6-7-14-12)9-11-3-2-8-17-11/h2-3,6-8,14H,4-5,9H2,1H3. The van der Waals surface area contributed by atoms with Crippen LogP contribution < -0.4 is 0 Å². The molecule has 4 heteroatoms. The van der Waals surface area contributed by atoms with E-state index in [2.05, 4.69) is 33.3 Å².